The van der Waals surface area contributed by atoms with E-state index in [9.17, 15) is 4.79 Å². The molecule has 0 aromatic heterocycles. The van der Waals surface area contributed by atoms with Gasteiger partial charge in [-0.1, -0.05) is 49.7 Å². The lowest BCUT2D eigenvalue weighted by atomic mass is 9.99. The largest absolute Gasteiger partial charge is 0.383 e. The number of hydrogen-bond donors (Lipinski definition) is 1. The lowest BCUT2D eigenvalue weighted by Crippen LogP contribution is -2.35. The number of aryl methyl sites for hydroxylation is 2. The van der Waals surface area contributed by atoms with Gasteiger partial charge in [0.1, 0.15) is 0 Å². The number of ether oxygens (including phenoxy) is 1. The van der Waals surface area contributed by atoms with Crippen LogP contribution >= 0.6 is 0 Å². The van der Waals surface area contributed by atoms with Gasteiger partial charge in [-0.25, -0.2) is 0 Å². The highest BCUT2D eigenvalue weighted by molar-refractivity contribution is 5.96. The fourth-order valence-electron chi connectivity index (χ4n) is 2.43. The highest BCUT2D eigenvalue weighted by Crippen LogP contribution is 2.23. The molecular weight excluding hydrogens is 298 g/mol. The van der Waals surface area contributed by atoms with Gasteiger partial charge in [0.2, 0.25) is 0 Å². The molecule has 0 bridgehead atoms. The van der Waals surface area contributed by atoms with Crippen molar-refractivity contribution in [3.8, 4) is 11.1 Å². The van der Waals surface area contributed by atoms with Gasteiger partial charge < -0.3 is 10.1 Å². The summed E-state index contributed by atoms with van der Waals surface area (Å²) in [5.74, 6) is -0.0680. The average molecular weight is 327 g/mol. The molecule has 0 aliphatic rings. The zero-order valence-electron chi connectivity index (χ0n) is 15.6. The van der Waals surface area contributed by atoms with Crippen molar-refractivity contribution < 1.29 is 9.53 Å². The Morgan fingerprint density at radius 3 is 2.21 bits per heavy atom. The van der Waals surface area contributed by atoms with E-state index in [0.29, 0.717) is 12.2 Å². The molecule has 0 aliphatic heterocycles. The molecule has 1 N–H and O–H groups in total. The predicted molar refractivity (Wildman–Crippen MR) is 102 cm³/mol. The van der Waals surface area contributed by atoms with Crippen molar-refractivity contribution in [1.29, 1.82) is 0 Å². The maximum Gasteiger partial charge on any atom is 0.251 e. The van der Waals surface area contributed by atoms with Crippen molar-refractivity contribution in [2.75, 3.05) is 13.7 Å². The Labute approximate surface area is 146 Å². The van der Waals surface area contributed by atoms with Crippen LogP contribution in [0.4, 0.5) is 0 Å². The molecule has 2 aromatic rings. The minimum absolute atomic E-state index is 0.0131. The monoisotopic (exact) mass is 327 g/mol. The van der Waals surface area contributed by atoms with Crippen LogP contribution < -0.4 is 5.32 Å². The number of benzene rings is 2. The Kier molecular flexibility index (Phi) is 8.20. The predicted octanol–water partition coefficient (Wildman–Crippen LogP) is 4.76. The highest BCUT2D eigenvalue weighted by atomic mass is 16.5. The van der Waals surface area contributed by atoms with E-state index < -0.39 is 0 Å². The first-order valence-corrected chi connectivity index (χ1v) is 8.48. The van der Waals surface area contributed by atoms with Gasteiger partial charge >= 0.3 is 0 Å². The van der Waals surface area contributed by atoms with E-state index in [4.69, 9.17) is 4.74 Å². The molecule has 0 aliphatic carbocycles. The van der Waals surface area contributed by atoms with E-state index >= 15 is 0 Å². The van der Waals surface area contributed by atoms with Crippen molar-refractivity contribution >= 4 is 5.91 Å². The van der Waals surface area contributed by atoms with Crippen LogP contribution in [-0.4, -0.2) is 25.7 Å². The molecule has 0 saturated heterocycles. The number of amides is 1. The van der Waals surface area contributed by atoms with E-state index in [1.807, 2.05) is 39.8 Å². The molecule has 0 radical (unpaired) electrons. The Hall–Kier alpha value is -2.13. The summed E-state index contributed by atoms with van der Waals surface area (Å²) in [6.07, 6.45) is 0. The molecule has 0 fully saturated rings. The zero-order chi connectivity index (χ0) is 18.1. The van der Waals surface area contributed by atoms with Crippen LogP contribution in [0, 0.1) is 13.8 Å². The van der Waals surface area contributed by atoms with Gasteiger partial charge in [-0.05, 0) is 49.6 Å². The third-order valence-corrected chi connectivity index (χ3v) is 3.52. The van der Waals surface area contributed by atoms with Crippen LogP contribution in [0.3, 0.4) is 0 Å². The molecule has 1 amide bonds. The summed E-state index contributed by atoms with van der Waals surface area (Å²) in [6.45, 7) is 10.5. The molecule has 3 nitrogen and oxygen atoms in total. The maximum atomic E-state index is 12.4. The third kappa shape index (κ3) is 5.82. The molecule has 3 heteroatoms. The van der Waals surface area contributed by atoms with Crippen molar-refractivity contribution in [1.82, 2.24) is 5.32 Å². The number of hydrogen-bond acceptors (Lipinski definition) is 2. The van der Waals surface area contributed by atoms with E-state index in [-0.39, 0.29) is 11.9 Å². The van der Waals surface area contributed by atoms with E-state index in [0.717, 1.165) is 16.7 Å². The zero-order valence-corrected chi connectivity index (χ0v) is 15.6. The van der Waals surface area contributed by atoms with Crippen LogP contribution in [0.1, 0.15) is 42.3 Å². The summed E-state index contributed by atoms with van der Waals surface area (Å²) in [5, 5.41) is 2.95. The second kappa shape index (κ2) is 9.89. The normalized spacial score (nSPS) is 11.2. The first-order valence-electron chi connectivity index (χ1n) is 8.48. The highest BCUT2D eigenvalue weighted by Gasteiger charge is 2.11. The fourth-order valence-corrected chi connectivity index (χ4v) is 2.43. The van der Waals surface area contributed by atoms with Crippen molar-refractivity contribution in [2.24, 2.45) is 0 Å². The second-order valence-electron chi connectivity index (χ2n) is 5.78. The summed E-state index contributed by atoms with van der Waals surface area (Å²) in [6, 6.07) is 14.3. The molecule has 2 rings (SSSR count). The van der Waals surface area contributed by atoms with E-state index in [1.165, 1.54) is 5.56 Å². The van der Waals surface area contributed by atoms with Gasteiger partial charge in [0, 0.05) is 18.7 Å². The summed E-state index contributed by atoms with van der Waals surface area (Å²) in [7, 11) is 1.63. The van der Waals surface area contributed by atoms with Crippen LogP contribution in [0.5, 0.6) is 0 Å². The number of methoxy groups -OCH3 is 1. The van der Waals surface area contributed by atoms with Crippen LogP contribution in [0.25, 0.3) is 11.1 Å². The van der Waals surface area contributed by atoms with Gasteiger partial charge in [0.05, 0.1) is 6.61 Å². The topological polar surface area (TPSA) is 38.3 Å². The van der Waals surface area contributed by atoms with E-state index in [2.05, 4.69) is 42.6 Å². The molecule has 0 heterocycles. The van der Waals surface area contributed by atoms with Crippen LogP contribution in [0.2, 0.25) is 0 Å². The third-order valence-electron chi connectivity index (χ3n) is 3.52. The van der Waals surface area contributed by atoms with Crippen molar-refractivity contribution in [2.45, 2.75) is 40.7 Å². The lowest BCUT2D eigenvalue weighted by Gasteiger charge is -2.14. The molecule has 1 unspecified atom stereocenters. The van der Waals surface area contributed by atoms with Gasteiger partial charge in [-0.3, -0.25) is 4.79 Å². The fraction of sp³-hybridized carbons (Fsp3) is 0.381. The molecule has 0 spiro atoms. The molecular formula is C21H29NO2. The van der Waals surface area contributed by atoms with Crippen LogP contribution in [0.15, 0.2) is 42.5 Å². The number of carbonyl (C=O) groups excluding carboxylic acids is 1. The Morgan fingerprint density at radius 1 is 1.00 bits per heavy atom. The lowest BCUT2D eigenvalue weighted by molar-refractivity contribution is 0.0905. The minimum atomic E-state index is -0.0680. The molecule has 1 atom stereocenters. The Bertz CT molecular complexity index is 647. The Balaban J connectivity index is 0.00000139. The van der Waals surface area contributed by atoms with Crippen molar-refractivity contribution in [3.63, 3.8) is 0 Å². The quantitative estimate of drug-likeness (QED) is 0.859. The number of rotatable bonds is 5. The van der Waals surface area contributed by atoms with Gasteiger partial charge in [-0.2, -0.15) is 0 Å². The number of carbonyl (C=O) groups is 1. The summed E-state index contributed by atoms with van der Waals surface area (Å²) >= 11 is 0. The molecule has 2 aromatic carbocycles. The first kappa shape index (κ1) is 19.9. The van der Waals surface area contributed by atoms with Gasteiger partial charge in [-0.15, -0.1) is 0 Å². The average Bonchev–Trinajstić information content (AvgIpc) is 2.57. The van der Waals surface area contributed by atoms with Gasteiger partial charge in [0.25, 0.3) is 5.91 Å². The maximum absolute atomic E-state index is 12.4. The summed E-state index contributed by atoms with van der Waals surface area (Å²) in [4.78, 5) is 12.4. The van der Waals surface area contributed by atoms with Crippen LogP contribution in [-0.2, 0) is 4.74 Å². The second-order valence-corrected chi connectivity index (χ2v) is 5.78. The van der Waals surface area contributed by atoms with Gasteiger partial charge in [0.15, 0.2) is 0 Å². The standard InChI is InChI=1S/C19H23NO2.C2H6/c1-13-5-7-16(8-6-13)17-9-14(2)10-18(11-17)19(21)20-15(3)12-22-4;1-2/h5-11,15H,12H2,1-4H3,(H,20,21);1-2H3. The smallest absolute Gasteiger partial charge is 0.251 e. The SMILES string of the molecule is CC.COCC(C)NC(=O)c1cc(C)cc(-c2ccc(C)cc2)c1. The molecule has 24 heavy (non-hydrogen) atoms. The molecule has 0 saturated carbocycles. The first-order chi connectivity index (χ1) is 11.5. The summed E-state index contributed by atoms with van der Waals surface area (Å²) in [5.41, 5.74) is 5.15. The van der Waals surface area contributed by atoms with Crippen molar-refractivity contribution in [3.05, 3.63) is 59.2 Å². The minimum Gasteiger partial charge on any atom is -0.383 e. The number of nitrogens with one attached hydrogen (secondary N) is 1. The molecule has 130 valence electrons. The van der Waals surface area contributed by atoms with E-state index in [1.54, 1.807) is 7.11 Å². The summed E-state index contributed by atoms with van der Waals surface area (Å²) < 4.78 is 5.05. The Morgan fingerprint density at radius 2 is 1.62 bits per heavy atom.